The van der Waals surface area contributed by atoms with Crippen LogP contribution in [-0.4, -0.2) is 15.6 Å². The van der Waals surface area contributed by atoms with E-state index < -0.39 is 5.97 Å². The molecule has 0 aliphatic heterocycles. The molecule has 1 heterocycles. The largest absolute Gasteiger partial charge is 0.472 e. The first-order valence-electron chi connectivity index (χ1n) is 7.67. The van der Waals surface area contributed by atoms with Crippen molar-refractivity contribution in [3.8, 4) is 11.4 Å². The van der Waals surface area contributed by atoms with E-state index >= 15 is 0 Å². The number of benzene rings is 3. The zero-order valence-corrected chi connectivity index (χ0v) is 12.8. The molecule has 24 heavy (non-hydrogen) atoms. The smallest absolute Gasteiger partial charge is 0.420 e. The van der Waals surface area contributed by atoms with Crippen LogP contribution in [0.2, 0.25) is 0 Å². The van der Waals surface area contributed by atoms with Gasteiger partial charge >= 0.3 is 11.8 Å². The van der Waals surface area contributed by atoms with E-state index in [1.54, 1.807) is 9.13 Å². The summed E-state index contributed by atoms with van der Waals surface area (Å²) in [5.74, 6) is -0.771. The van der Waals surface area contributed by atoms with Crippen LogP contribution < -0.4 is 4.57 Å². The maximum Gasteiger partial charge on any atom is 0.420 e. The molecule has 3 aromatic carbocycles. The zero-order valence-electron chi connectivity index (χ0n) is 12.8. The van der Waals surface area contributed by atoms with Crippen LogP contribution in [0.25, 0.3) is 22.4 Å². The van der Waals surface area contributed by atoms with Crippen molar-refractivity contribution in [3.05, 3.63) is 90.8 Å². The summed E-state index contributed by atoms with van der Waals surface area (Å²) in [6.07, 6.45) is 0. The van der Waals surface area contributed by atoms with Gasteiger partial charge < -0.3 is 5.11 Å². The Kier molecular flexibility index (Phi) is 3.35. The molecule has 0 radical (unpaired) electrons. The number of carbonyl (C=O) groups is 1. The van der Waals surface area contributed by atoms with Gasteiger partial charge in [-0.15, -0.1) is 0 Å². The summed E-state index contributed by atoms with van der Waals surface area (Å²) in [7, 11) is 0. The minimum Gasteiger partial charge on any atom is -0.472 e. The maximum absolute atomic E-state index is 12.1. The molecule has 0 unspecified atom stereocenters. The lowest BCUT2D eigenvalue weighted by Gasteiger charge is -2.01. The monoisotopic (exact) mass is 315 g/mol. The van der Waals surface area contributed by atoms with Crippen LogP contribution in [0.1, 0.15) is 10.6 Å². The number of rotatable bonds is 3. The van der Waals surface area contributed by atoms with Gasteiger partial charge in [-0.1, -0.05) is 48.5 Å². The number of hydrogen-bond acceptors (Lipinski definition) is 1. The van der Waals surface area contributed by atoms with Crippen molar-refractivity contribution in [1.82, 2.24) is 4.57 Å². The Hall–Kier alpha value is -3.40. The lowest BCUT2D eigenvalue weighted by molar-refractivity contribution is -0.571. The van der Waals surface area contributed by atoms with E-state index in [1.165, 1.54) is 0 Å². The molecule has 0 amide bonds. The maximum atomic E-state index is 12.1. The van der Waals surface area contributed by atoms with Crippen molar-refractivity contribution in [2.75, 3.05) is 0 Å². The van der Waals surface area contributed by atoms with Crippen molar-refractivity contribution in [2.45, 2.75) is 0 Å². The van der Waals surface area contributed by atoms with Crippen LogP contribution >= 0.6 is 0 Å². The number of imidazole rings is 1. The van der Waals surface area contributed by atoms with E-state index in [0.717, 1.165) is 22.4 Å². The molecule has 1 aromatic heterocycles. The highest BCUT2D eigenvalue weighted by Gasteiger charge is 2.32. The van der Waals surface area contributed by atoms with Crippen molar-refractivity contribution in [3.63, 3.8) is 0 Å². The van der Waals surface area contributed by atoms with Crippen molar-refractivity contribution in [2.24, 2.45) is 0 Å². The van der Waals surface area contributed by atoms with Gasteiger partial charge in [0.15, 0.2) is 11.0 Å². The Morgan fingerprint density at radius 1 is 0.792 bits per heavy atom. The summed E-state index contributed by atoms with van der Waals surface area (Å²) in [6, 6.07) is 26.8. The average Bonchev–Trinajstić information content (AvgIpc) is 2.98. The lowest BCUT2D eigenvalue weighted by Crippen LogP contribution is -2.37. The first-order valence-corrected chi connectivity index (χ1v) is 7.67. The highest BCUT2D eigenvalue weighted by molar-refractivity contribution is 5.88. The van der Waals surface area contributed by atoms with Gasteiger partial charge in [0.1, 0.15) is 11.4 Å². The highest BCUT2D eigenvalue weighted by Crippen LogP contribution is 2.22. The number of carboxylic acid groups (broad SMARTS) is 1. The van der Waals surface area contributed by atoms with Crippen LogP contribution in [0, 0.1) is 0 Å². The molecule has 0 spiro atoms. The molecule has 0 fully saturated rings. The van der Waals surface area contributed by atoms with Gasteiger partial charge in [0.05, 0.1) is 0 Å². The quantitative estimate of drug-likeness (QED) is 0.587. The molecule has 4 aromatic rings. The summed E-state index contributed by atoms with van der Waals surface area (Å²) in [6.45, 7) is 0. The number of aromatic carboxylic acids is 1. The molecule has 1 N–H and O–H groups in total. The summed E-state index contributed by atoms with van der Waals surface area (Å²) < 4.78 is 3.56. The zero-order chi connectivity index (χ0) is 16.5. The normalized spacial score (nSPS) is 10.8. The van der Waals surface area contributed by atoms with E-state index in [2.05, 4.69) is 0 Å². The molecule has 116 valence electrons. The Morgan fingerprint density at radius 3 is 2.04 bits per heavy atom. The third-order valence-corrected chi connectivity index (χ3v) is 4.01. The van der Waals surface area contributed by atoms with E-state index in [-0.39, 0.29) is 5.82 Å². The molecular formula is C20H15N2O2+. The highest BCUT2D eigenvalue weighted by atomic mass is 16.4. The second kappa shape index (κ2) is 5.66. The molecule has 4 heteroatoms. The van der Waals surface area contributed by atoms with Crippen molar-refractivity contribution < 1.29 is 14.5 Å². The van der Waals surface area contributed by atoms with Crippen molar-refractivity contribution >= 4 is 17.0 Å². The lowest BCUT2D eigenvalue weighted by atomic mass is 10.2. The van der Waals surface area contributed by atoms with Gasteiger partial charge in [0.25, 0.3) is 0 Å². The van der Waals surface area contributed by atoms with Gasteiger partial charge in [-0.3, -0.25) is 0 Å². The number of para-hydroxylation sites is 4. The Morgan fingerprint density at radius 2 is 1.38 bits per heavy atom. The van der Waals surface area contributed by atoms with Crippen LogP contribution in [0.15, 0.2) is 84.9 Å². The topological polar surface area (TPSA) is 46.1 Å². The predicted molar refractivity (Wildman–Crippen MR) is 91.8 cm³/mol. The fourth-order valence-corrected chi connectivity index (χ4v) is 3.04. The van der Waals surface area contributed by atoms with E-state index in [1.807, 2.05) is 84.9 Å². The van der Waals surface area contributed by atoms with Crippen molar-refractivity contribution in [1.29, 1.82) is 0 Å². The van der Waals surface area contributed by atoms with E-state index in [4.69, 9.17) is 0 Å². The fraction of sp³-hybridized carbons (Fsp3) is 0. The first-order chi connectivity index (χ1) is 11.8. The van der Waals surface area contributed by atoms with Gasteiger partial charge in [-0.25, -0.2) is 4.79 Å². The summed E-state index contributed by atoms with van der Waals surface area (Å²) >= 11 is 0. The minimum atomic E-state index is -0.973. The van der Waals surface area contributed by atoms with Gasteiger partial charge in [0.2, 0.25) is 0 Å². The van der Waals surface area contributed by atoms with Gasteiger partial charge in [-0.2, -0.15) is 9.13 Å². The van der Waals surface area contributed by atoms with Crippen LogP contribution in [0.5, 0.6) is 0 Å². The summed E-state index contributed by atoms with van der Waals surface area (Å²) in [4.78, 5) is 12.1. The minimum absolute atomic E-state index is 0.202. The van der Waals surface area contributed by atoms with Gasteiger partial charge in [-0.05, 0) is 36.4 Å². The fourth-order valence-electron chi connectivity index (χ4n) is 3.04. The molecule has 0 saturated heterocycles. The molecule has 0 aliphatic carbocycles. The average molecular weight is 315 g/mol. The number of hydrogen-bond donors (Lipinski definition) is 1. The van der Waals surface area contributed by atoms with E-state index in [9.17, 15) is 9.90 Å². The Bertz CT molecular complexity index is 945. The third kappa shape index (κ3) is 2.16. The second-order valence-electron chi connectivity index (χ2n) is 5.46. The Balaban J connectivity index is 2.17. The third-order valence-electron chi connectivity index (χ3n) is 4.01. The summed E-state index contributed by atoms with van der Waals surface area (Å²) in [5.41, 5.74) is 3.34. The molecular weight excluding hydrogens is 300 g/mol. The standard InChI is InChI=1S/C20H14N2O2/c23-20(24)19-21(15-9-3-1-4-10-15)17-13-7-8-14-18(17)22(19)16-11-5-2-6-12-16/h1-14H/p+1. The molecule has 0 aliphatic rings. The van der Waals surface area contributed by atoms with Crippen LogP contribution in [0.4, 0.5) is 0 Å². The SMILES string of the molecule is O=C(O)c1n(-c2ccccc2)c2ccccc2[n+]1-c1ccccc1. The first kappa shape index (κ1) is 14.2. The van der Waals surface area contributed by atoms with Gasteiger partial charge in [0, 0.05) is 0 Å². The number of nitrogens with zero attached hydrogens (tertiary/aromatic N) is 2. The van der Waals surface area contributed by atoms with E-state index in [0.29, 0.717) is 0 Å². The van der Waals surface area contributed by atoms with Crippen LogP contribution in [0.3, 0.4) is 0 Å². The molecule has 0 bridgehead atoms. The molecule has 0 atom stereocenters. The number of aromatic nitrogens is 2. The predicted octanol–water partition coefficient (Wildman–Crippen LogP) is 3.61. The summed E-state index contributed by atoms with van der Waals surface area (Å²) in [5, 5.41) is 9.93. The number of fused-ring (bicyclic) bond motifs is 1. The molecule has 4 rings (SSSR count). The second-order valence-corrected chi connectivity index (χ2v) is 5.46. The number of carboxylic acids is 1. The molecule has 4 nitrogen and oxygen atoms in total. The Labute approximate surface area is 138 Å². The molecule has 0 saturated carbocycles. The van der Waals surface area contributed by atoms with Crippen LogP contribution in [-0.2, 0) is 0 Å².